The molecule has 3 aromatic carbocycles. The molecule has 3 aromatic rings. The van der Waals surface area contributed by atoms with Crippen LogP contribution in [0.3, 0.4) is 0 Å². The highest BCUT2D eigenvalue weighted by Gasteiger charge is 2.63. The standard InChI is InChI=1S/C42H51NO6S/c1-4-25-47-42-39(50-5-2)28-37(43-46-3)35-26-31(15-9-11-23-44)34(16-10-12-24-45)40(41(35)42)36-27-33(21-22-38(36)49-42)48-32-19-17-30(18-20-32)29-13-7-6-8-14-29/h4,6-8,13-14,17-22,26-27,31,34,39-41,44-45H,1,5,9-12,15-16,23-25,28H2,2-3H3/t31-,34+,39-,40+,41+,42+/m0/s1. The van der Waals surface area contributed by atoms with E-state index in [1.807, 2.05) is 54.2 Å². The molecule has 6 rings (SSSR count). The van der Waals surface area contributed by atoms with E-state index in [0.29, 0.717) is 13.0 Å². The summed E-state index contributed by atoms with van der Waals surface area (Å²) in [5.41, 5.74) is 5.49. The van der Waals surface area contributed by atoms with Crippen molar-refractivity contribution in [2.24, 2.45) is 22.9 Å². The number of thioether (sulfide) groups is 1. The number of hydrogen-bond donors (Lipinski definition) is 2. The fourth-order valence-corrected chi connectivity index (χ4v) is 9.51. The Bertz CT molecular complexity index is 1620. The van der Waals surface area contributed by atoms with E-state index in [4.69, 9.17) is 19.0 Å². The molecule has 0 bridgehead atoms. The monoisotopic (exact) mass is 697 g/mol. The maximum atomic E-state index is 9.80. The lowest BCUT2D eigenvalue weighted by Gasteiger charge is -2.58. The van der Waals surface area contributed by atoms with Crippen LogP contribution >= 0.6 is 11.8 Å². The van der Waals surface area contributed by atoms with Crippen LogP contribution in [-0.2, 0) is 9.57 Å². The number of rotatable bonds is 17. The minimum absolute atomic E-state index is 0.0257. The molecule has 1 fully saturated rings. The second-order valence-electron chi connectivity index (χ2n) is 13.4. The van der Waals surface area contributed by atoms with E-state index < -0.39 is 5.79 Å². The zero-order valence-corrected chi connectivity index (χ0v) is 30.2. The largest absolute Gasteiger partial charge is 0.460 e. The van der Waals surface area contributed by atoms with Gasteiger partial charge in [-0.25, -0.2) is 0 Å². The molecular weight excluding hydrogens is 647 g/mol. The summed E-state index contributed by atoms with van der Waals surface area (Å²) in [6.45, 7) is 6.88. The van der Waals surface area contributed by atoms with Gasteiger partial charge in [0.1, 0.15) is 24.4 Å². The van der Waals surface area contributed by atoms with Gasteiger partial charge in [-0.2, -0.15) is 11.8 Å². The number of unbranched alkanes of at least 4 members (excludes halogenated alkanes) is 2. The van der Waals surface area contributed by atoms with Gasteiger partial charge in [0.05, 0.1) is 23.5 Å². The fourth-order valence-electron chi connectivity index (χ4n) is 8.33. The first-order valence-electron chi connectivity index (χ1n) is 18.1. The molecule has 0 aromatic heterocycles. The fraction of sp³-hybridized carbons (Fsp3) is 0.452. The molecule has 3 aliphatic rings. The second kappa shape index (κ2) is 17.1. The first kappa shape index (κ1) is 36.2. The van der Waals surface area contributed by atoms with E-state index in [1.54, 1.807) is 13.2 Å². The van der Waals surface area contributed by atoms with Crippen molar-refractivity contribution in [2.45, 2.75) is 68.8 Å². The average molecular weight is 698 g/mol. The van der Waals surface area contributed by atoms with Gasteiger partial charge in [-0.15, -0.1) is 6.58 Å². The molecule has 2 aliphatic carbocycles. The van der Waals surface area contributed by atoms with Crippen molar-refractivity contribution in [2.75, 3.05) is 32.7 Å². The van der Waals surface area contributed by atoms with Crippen molar-refractivity contribution in [1.29, 1.82) is 0 Å². The highest BCUT2D eigenvalue weighted by Crippen LogP contribution is 2.62. The first-order chi connectivity index (χ1) is 24.6. The van der Waals surface area contributed by atoms with Crippen LogP contribution in [0.15, 0.2) is 102 Å². The molecule has 266 valence electrons. The number of aliphatic hydroxyl groups is 2. The third-order valence-corrected chi connectivity index (χ3v) is 11.6. The van der Waals surface area contributed by atoms with E-state index in [0.717, 1.165) is 89.5 Å². The highest BCUT2D eigenvalue weighted by atomic mass is 32.2. The van der Waals surface area contributed by atoms with Crippen molar-refractivity contribution in [3.8, 4) is 28.4 Å². The number of hydrogen-bond acceptors (Lipinski definition) is 8. The van der Waals surface area contributed by atoms with E-state index in [1.165, 1.54) is 0 Å². The Labute approximate surface area is 301 Å². The molecule has 8 heteroatoms. The van der Waals surface area contributed by atoms with Crippen LogP contribution in [0.5, 0.6) is 17.2 Å². The highest BCUT2D eigenvalue weighted by molar-refractivity contribution is 8.00. The number of fused-ring (bicyclic) bond motifs is 2. The smallest absolute Gasteiger partial charge is 0.230 e. The molecular formula is C42H51NO6S. The van der Waals surface area contributed by atoms with Crippen molar-refractivity contribution < 1.29 is 29.3 Å². The van der Waals surface area contributed by atoms with E-state index >= 15 is 0 Å². The van der Waals surface area contributed by atoms with Crippen LogP contribution in [0.25, 0.3) is 11.1 Å². The summed E-state index contributed by atoms with van der Waals surface area (Å²) >= 11 is 1.84. The molecule has 0 radical (unpaired) electrons. The summed E-state index contributed by atoms with van der Waals surface area (Å²) in [7, 11) is 1.62. The van der Waals surface area contributed by atoms with Crippen LogP contribution in [0.1, 0.15) is 63.4 Å². The third-order valence-electron chi connectivity index (χ3n) is 10.4. The van der Waals surface area contributed by atoms with Crippen LogP contribution < -0.4 is 9.47 Å². The van der Waals surface area contributed by atoms with Crippen LogP contribution in [0.4, 0.5) is 0 Å². The summed E-state index contributed by atoms with van der Waals surface area (Å²) in [5, 5.41) is 24.1. The zero-order chi connectivity index (χ0) is 34.9. The summed E-state index contributed by atoms with van der Waals surface area (Å²) in [6, 6.07) is 24.8. The molecule has 1 aliphatic heterocycles. The second-order valence-corrected chi connectivity index (χ2v) is 14.9. The maximum Gasteiger partial charge on any atom is 0.230 e. The van der Waals surface area contributed by atoms with Crippen molar-refractivity contribution >= 4 is 17.5 Å². The molecule has 7 nitrogen and oxygen atoms in total. The van der Waals surface area contributed by atoms with Crippen molar-refractivity contribution in [1.82, 2.24) is 0 Å². The summed E-state index contributed by atoms with van der Waals surface area (Å²) in [4.78, 5) is 5.48. The Balaban J connectivity index is 1.46. The number of oxime groups is 1. The van der Waals surface area contributed by atoms with Gasteiger partial charge in [0.2, 0.25) is 5.79 Å². The molecule has 1 saturated carbocycles. The average Bonchev–Trinajstić information content (AvgIpc) is 3.14. The molecule has 0 saturated heterocycles. The minimum atomic E-state index is -0.938. The van der Waals surface area contributed by atoms with Gasteiger partial charge in [-0.3, -0.25) is 0 Å². The van der Waals surface area contributed by atoms with Gasteiger partial charge in [0, 0.05) is 31.1 Å². The molecule has 0 unspecified atom stereocenters. The SMILES string of the molecule is C=CCO[C@@]12Oc3ccc(Oc4ccc(-c5ccccc5)cc4)cc3[C@H]3[C@H](CCCCO)[C@@H](CCCCO)C=C(C(=NOC)C[C@@H]1SCC)[C@H]32. The normalized spacial score (nSPS) is 26.0. The number of ether oxygens (including phenoxy) is 3. The van der Waals surface area contributed by atoms with Gasteiger partial charge < -0.3 is 29.3 Å². The summed E-state index contributed by atoms with van der Waals surface area (Å²) < 4.78 is 20.6. The van der Waals surface area contributed by atoms with Crippen LogP contribution in [0, 0.1) is 17.8 Å². The maximum absolute atomic E-state index is 9.80. The van der Waals surface area contributed by atoms with Crippen LogP contribution in [0.2, 0.25) is 0 Å². The number of benzene rings is 3. The molecule has 50 heavy (non-hydrogen) atoms. The van der Waals surface area contributed by atoms with E-state index in [2.05, 4.69) is 55.1 Å². The topological polar surface area (TPSA) is 89.7 Å². The third kappa shape index (κ3) is 7.54. The zero-order valence-electron chi connectivity index (χ0n) is 29.3. The Morgan fingerprint density at radius 3 is 2.36 bits per heavy atom. The predicted octanol–water partition coefficient (Wildman–Crippen LogP) is 9.16. The summed E-state index contributed by atoms with van der Waals surface area (Å²) in [5.74, 6) is 2.68. The van der Waals surface area contributed by atoms with Gasteiger partial charge >= 0.3 is 0 Å². The Hall–Kier alpha value is -3.56. The number of nitrogens with zero attached hydrogens (tertiary/aromatic N) is 1. The number of allylic oxidation sites excluding steroid dienone is 1. The van der Waals surface area contributed by atoms with E-state index in [9.17, 15) is 10.2 Å². The van der Waals surface area contributed by atoms with Gasteiger partial charge in [0.15, 0.2) is 0 Å². The van der Waals surface area contributed by atoms with Crippen molar-refractivity contribution in [3.63, 3.8) is 0 Å². The lowest BCUT2D eigenvalue weighted by Crippen LogP contribution is -2.64. The van der Waals surface area contributed by atoms with Gasteiger partial charge in [-0.05, 0) is 90.3 Å². The lowest BCUT2D eigenvalue weighted by atomic mass is 9.56. The van der Waals surface area contributed by atoms with Gasteiger partial charge in [-0.1, -0.05) is 79.5 Å². The Morgan fingerprint density at radius 1 is 0.940 bits per heavy atom. The first-order valence-corrected chi connectivity index (χ1v) is 19.2. The van der Waals surface area contributed by atoms with Crippen LogP contribution in [-0.4, -0.2) is 59.6 Å². The molecule has 1 heterocycles. The Morgan fingerprint density at radius 2 is 1.66 bits per heavy atom. The predicted molar refractivity (Wildman–Crippen MR) is 202 cm³/mol. The van der Waals surface area contributed by atoms with E-state index in [-0.39, 0.29) is 42.1 Å². The number of aliphatic hydroxyl groups excluding tert-OH is 2. The van der Waals surface area contributed by atoms with Gasteiger partial charge in [0.25, 0.3) is 0 Å². The van der Waals surface area contributed by atoms with Crippen molar-refractivity contribution in [3.05, 3.63) is 103 Å². The Kier molecular flexibility index (Phi) is 12.4. The molecule has 2 N–H and O–H groups in total. The minimum Gasteiger partial charge on any atom is -0.460 e. The summed E-state index contributed by atoms with van der Waals surface area (Å²) in [6.07, 6.45) is 10.1. The molecule has 6 atom stereocenters. The quantitative estimate of drug-likeness (QED) is 0.0826. The molecule has 0 amide bonds. The lowest BCUT2D eigenvalue weighted by molar-refractivity contribution is -0.223. The molecule has 0 spiro atoms.